The van der Waals surface area contributed by atoms with Gasteiger partial charge in [0, 0.05) is 15.6 Å². The van der Waals surface area contributed by atoms with Crippen molar-refractivity contribution in [3.05, 3.63) is 57.6 Å². The quantitative estimate of drug-likeness (QED) is 0.812. The Kier molecular flexibility index (Phi) is 3.29. The number of fused-ring (bicyclic) bond motifs is 1. The molecular weight excluding hydrogens is 281 g/mol. The number of nitrogens with one attached hydrogen (secondary N) is 1. The predicted octanol–water partition coefficient (Wildman–Crippen LogP) is 4.85. The maximum atomic E-state index is 6.22. The van der Waals surface area contributed by atoms with Crippen molar-refractivity contribution in [2.75, 3.05) is 11.9 Å². The molecule has 0 aromatic heterocycles. The number of ether oxygens (including phenoxy) is 1. The third kappa shape index (κ3) is 2.51. The highest BCUT2D eigenvalue weighted by Crippen LogP contribution is 2.37. The number of hydrogen-bond donors (Lipinski definition) is 1. The number of anilines is 1. The van der Waals surface area contributed by atoms with Gasteiger partial charge < -0.3 is 10.1 Å². The molecule has 2 nitrogen and oxygen atoms in total. The van der Waals surface area contributed by atoms with Crippen LogP contribution >= 0.6 is 23.2 Å². The Hall–Kier alpha value is -1.38. The van der Waals surface area contributed by atoms with Crippen LogP contribution in [0.1, 0.15) is 17.2 Å². The number of halogens is 2. The molecular formula is C15H13Cl2NO. The highest BCUT2D eigenvalue weighted by molar-refractivity contribution is 6.33. The maximum Gasteiger partial charge on any atom is 0.143 e. The van der Waals surface area contributed by atoms with Gasteiger partial charge >= 0.3 is 0 Å². The summed E-state index contributed by atoms with van der Waals surface area (Å²) in [5.41, 5.74) is 3.14. The zero-order valence-electron chi connectivity index (χ0n) is 10.4. The fraction of sp³-hybridized carbons (Fsp3) is 0.200. The zero-order chi connectivity index (χ0) is 13.4. The maximum absolute atomic E-state index is 6.22. The van der Waals surface area contributed by atoms with Gasteiger partial charge in [-0.2, -0.15) is 0 Å². The van der Waals surface area contributed by atoms with Crippen LogP contribution in [0, 0.1) is 6.92 Å². The lowest BCUT2D eigenvalue weighted by Gasteiger charge is -2.28. The summed E-state index contributed by atoms with van der Waals surface area (Å²) in [6.07, 6.45) is -0.124. The molecule has 1 unspecified atom stereocenters. The van der Waals surface area contributed by atoms with Gasteiger partial charge in [0.2, 0.25) is 0 Å². The summed E-state index contributed by atoms with van der Waals surface area (Å²) in [5.74, 6) is 0.845. The molecule has 0 amide bonds. The summed E-state index contributed by atoms with van der Waals surface area (Å²) < 4.78 is 6.00. The minimum Gasteiger partial charge on any atom is -0.482 e. The third-order valence-electron chi connectivity index (χ3n) is 3.19. The van der Waals surface area contributed by atoms with Gasteiger partial charge in [0.1, 0.15) is 11.9 Å². The molecule has 1 atom stereocenters. The molecule has 19 heavy (non-hydrogen) atoms. The van der Waals surface area contributed by atoms with E-state index < -0.39 is 0 Å². The van der Waals surface area contributed by atoms with Crippen LogP contribution in [-0.2, 0) is 0 Å². The summed E-state index contributed by atoms with van der Waals surface area (Å²) in [5, 5.41) is 4.71. The van der Waals surface area contributed by atoms with E-state index in [0.717, 1.165) is 17.0 Å². The average Bonchev–Trinajstić information content (AvgIpc) is 2.41. The molecule has 0 bridgehead atoms. The monoisotopic (exact) mass is 293 g/mol. The molecule has 0 radical (unpaired) electrons. The van der Waals surface area contributed by atoms with Gasteiger partial charge in [-0.15, -0.1) is 0 Å². The number of benzene rings is 2. The van der Waals surface area contributed by atoms with E-state index in [-0.39, 0.29) is 6.10 Å². The third-order valence-corrected chi connectivity index (χ3v) is 3.77. The number of rotatable bonds is 1. The van der Waals surface area contributed by atoms with Crippen LogP contribution in [0.2, 0.25) is 10.0 Å². The Morgan fingerprint density at radius 2 is 2.00 bits per heavy atom. The highest BCUT2D eigenvalue weighted by atomic mass is 35.5. The second-order valence-electron chi connectivity index (χ2n) is 4.65. The van der Waals surface area contributed by atoms with Crippen LogP contribution in [-0.4, -0.2) is 6.54 Å². The number of hydrogen-bond acceptors (Lipinski definition) is 2. The van der Waals surface area contributed by atoms with E-state index in [4.69, 9.17) is 27.9 Å². The summed E-state index contributed by atoms with van der Waals surface area (Å²) in [7, 11) is 0. The van der Waals surface area contributed by atoms with Gasteiger partial charge in [-0.3, -0.25) is 0 Å². The van der Waals surface area contributed by atoms with E-state index in [1.807, 2.05) is 18.2 Å². The second-order valence-corrected chi connectivity index (χ2v) is 5.50. The van der Waals surface area contributed by atoms with Gasteiger partial charge in [0.25, 0.3) is 0 Å². The lowest BCUT2D eigenvalue weighted by Crippen LogP contribution is -2.23. The van der Waals surface area contributed by atoms with Crippen LogP contribution in [0.4, 0.5) is 5.69 Å². The van der Waals surface area contributed by atoms with Gasteiger partial charge in [0.05, 0.1) is 12.2 Å². The van der Waals surface area contributed by atoms with Gasteiger partial charge in [-0.25, -0.2) is 0 Å². The van der Waals surface area contributed by atoms with Crippen LogP contribution in [0.25, 0.3) is 0 Å². The molecule has 4 heteroatoms. The molecule has 1 aliphatic heterocycles. The molecule has 0 saturated carbocycles. The smallest absolute Gasteiger partial charge is 0.143 e. The highest BCUT2D eigenvalue weighted by Gasteiger charge is 2.23. The van der Waals surface area contributed by atoms with Crippen LogP contribution in [0.15, 0.2) is 36.4 Å². The van der Waals surface area contributed by atoms with Crippen molar-refractivity contribution in [2.45, 2.75) is 13.0 Å². The van der Waals surface area contributed by atoms with Crippen molar-refractivity contribution >= 4 is 28.9 Å². The Bertz CT molecular complexity index is 628. The fourth-order valence-electron chi connectivity index (χ4n) is 2.22. The summed E-state index contributed by atoms with van der Waals surface area (Å²) in [4.78, 5) is 0. The van der Waals surface area contributed by atoms with Crippen molar-refractivity contribution in [1.82, 2.24) is 0 Å². The first-order chi connectivity index (χ1) is 9.13. The van der Waals surface area contributed by atoms with Crippen LogP contribution in [0.3, 0.4) is 0 Å². The molecule has 1 aliphatic rings. The molecule has 0 aliphatic carbocycles. The Balaban J connectivity index is 1.93. The molecule has 0 spiro atoms. The van der Waals surface area contributed by atoms with E-state index in [2.05, 4.69) is 18.3 Å². The van der Waals surface area contributed by atoms with Crippen molar-refractivity contribution in [3.8, 4) is 5.75 Å². The van der Waals surface area contributed by atoms with E-state index in [1.165, 1.54) is 5.56 Å². The van der Waals surface area contributed by atoms with Gasteiger partial charge in [0.15, 0.2) is 0 Å². The predicted molar refractivity (Wildman–Crippen MR) is 79.5 cm³/mol. The fourth-order valence-corrected chi connectivity index (χ4v) is 2.64. The van der Waals surface area contributed by atoms with E-state index in [9.17, 15) is 0 Å². The van der Waals surface area contributed by atoms with Crippen LogP contribution in [0.5, 0.6) is 5.75 Å². The van der Waals surface area contributed by atoms with Crippen molar-refractivity contribution in [2.24, 2.45) is 0 Å². The topological polar surface area (TPSA) is 21.3 Å². The molecule has 0 fully saturated rings. The molecule has 1 N–H and O–H groups in total. The van der Waals surface area contributed by atoms with E-state index in [1.54, 1.807) is 12.1 Å². The van der Waals surface area contributed by atoms with E-state index >= 15 is 0 Å². The minimum atomic E-state index is -0.124. The van der Waals surface area contributed by atoms with Gasteiger partial charge in [-0.05, 0) is 42.8 Å². The zero-order valence-corrected chi connectivity index (χ0v) is 11.9. The van der Waals surface area contributed by atoms with Crippen molar-refractivity contribution in [1.29, 1.82) is 0 Å². The van der Waals surface area contributed by atoms with Crippen molar-refractivity contribution in [3.63, 3.8) is 0 Å². The molecule has 1 heterocycles. The normalized spacial score (nSPS) is 17.3. The SMILES string of the molecule is Cc1ccc2c(c1)NCC(c1cc(Cl)ccc1Cl)O2. The lowest BCUT2D eigenvalue weighted by molar-refractivity contribution is 0.210. The number of aryl methyl sites for hydroxylation is 1. The average molecular weight is 294 g/mol. The molecule has 3 rings (SSSR count). The lowest BCUT2D eigenvalue weighted by atomic mass is 10.1. The molecule has 98 valence electrons. The Morgan fingerprint density at radius 1 is 1.16 bits per heavy atom. The Morgan fingerprint density at radius 3 is 2.84 bits per heavy atom. The molecule has 2 aromatic rings. The van der Waals surface area contributed by atoms with Gasteiger partial charge in [-0.1, -0.05) is 29.3 Å². The van der Waals surface area contributed by atoms with Crippen molar-refractivity contribution < 1.29 is 4.74 Å². The van der Waals surface area contributed by atoms with Crippen LogP contribution < -0.4 is 10.1 Å². The summed E-state index contributed by atoms with van der Waals surface area (Å²) in [6, 6.07) is 11.5. The first kappa shape index (κ1) is 12.6. The molecule has 0 saturated heterocycles. The first-order valence-electron chi connectivity index (χ1n) is 6.09. The molecule has 2 aromatic carbocycles. The van der Waals surface area contributed by atoms with E-state index in [0.29, 0.717) is 16.6 Å². The first-order valence-corrected chi connectivity index (χ1v) is 6.85. The second kappa shape index (κ2) is 4.95. The Labute approximate surface area is 122 Å². The standard InChI is InChI=1S/C15H13Cl2NO/c1-9-2-5-14-13(6-9)18-8-15(19-14)11-7-10(16)3-4-12(11)17/h2-7,15,18H,8H2,1H3. The largest absolute Gasteiger partial charge is 0.482 e. The summed E-state index contributed by atoms with van der Waals surface area (Å²) in [6.45, 7) is 2.73. The summed E-state index contributed by atoms with van der Waals surface area (Å²) >= 11 is 12.2. The minimum absolute atomic E-state index is 0.124.